The van der Waals surface area contributed by atoms with E-state index >= 15 is 0 Å². The minimum Gasteiger partial charge on any atom is -0.309 e. The van der Waals surface area contributed by atoms with Gasteiger partial charge in [0, 0.05) is 22.1 Å². The number of anilines is 3. The van der Waals surface area contributed by atoms with Gasteiger partial charge in [-0.2, -0.15) is 0 Å². The molecule has 0 aliphatic heterocycles. The molecule has 7 rings (SSSR count). The summed E-state index contributed by atoms with van der Waals surface area (Å²) in [6, 6.07) is 59.2. The van der Waals surface area contributed by atoms with Crippen molar-refractivity contribution in [1.29, 1.82) is 0 Å². The average molecular weight is 544 g/mol. The Morgan fingerprint density at radius 1 is 0.310 bits per heavy atom. The number of nitrogens with zero attached hydrogens (tertiary/aromatic N) is 1. The van der Waals surface area contributed by atoms with Gasteiger partial charge in [-0.15, -0.1) is 0 Å². The monoisotopic (exact) mass is 543 g/mol. The molecule has 0 bridgehead atoms. The average Bonchev–Trinajstić information content (AvgIpc) is 3.05. The van der Waals surface area contributed by atoms with Crippen molar-refractivity contribution in [2.24, 2.45) is 0 Å². The van der Waals surface area contributed by atoms with Crippen LogP contribution in [-0.4, -0.2) is 0 Å². The Balaban J connectivity index is 0.000000206. The SMILES string of the molecule is Cc1c2ccccc2c(N(c2ccccc2)c2ccccc2)c2ccccc12.Cc1ccccc1.Cc1ccccc1. The first-order chi connectivity index (χ1) is 20.6. The molecule has 1 nitrogen and oxygen atoms in total. The van der Waals surface area contributed by atoms with Gasteiger partial charge < -0.3 is 4.90 Å². The summed E-state index contributed by atoms with van der Waals surface area (Å²) >= 11 is 0. The van der Waals surface area contributed by atoms with Gasteiger partial charge in [0.05, 0.1) is 5.69 Å². The maximum absolute atomic E-state index is 2.38. The molecule has 0 heterocycles. The van der Waals surface area contributed by atoms with Gasteiger partial charge in [0.1, 0.15) is 0 Å². The molecule has 0 N–H and O–H groups in total. The predicted molar refractivity (Wildman–Crippen MR) is 183 cm³/mol. The standard InChI is InChI=1S/C27H21N.2C7H8/c1-20-23-16-8-10-18-25(23)27(26-19-11-9-17-24(20)26)28(21-12-4-2-5-13-21)22-14-6-3-7-15-22;2*1-7-5-3-2-4-6-7/h2-19H,1H3;2*2-6H,1H3. The van der Waals surface area contributed by atoms with Crippen molar-refractivity contribution in [3.63, 3.8) is 0 Å². The second-order valence-corrected chi connectivity index (χ2v) is 10.4. The van der Waals surface area contributed by atoms with Gasteiger partial charge in [-0.05, 0) is 61.4 Å². The maximum Gasteiger partial charge on any atom is 0.0618 e. The molecule has 0 spiro atoms. The van der Waals surface area contributed by atoms with Crippen LogP contribution in [0.25, 0.3) is 21.5 Å². The van der Waals surface area contributed by atoms with Gasteiger partial charge in [0.2, 0.25) is 0 Å². The van der Waals surface area contributed by atoms with Crippen molar-refractivity contribution in [3.8, 4) is 0 Å². The lowest BCUT2D eigenvalue weighted by atomic mass is 9.94. The Labute approximate surface area is 250 Å². The summed E-state index contributed by atoms with van der Waals surface area (Å²) in [6.07, 6.45) is 0. The molecule has 0 fully saturated rings. The van der Waals surface area contributed by atoms with E-state index < -0.39 is 0 Å². The summed E-state index contributed by atoms with van der Waals surface area (Å²) in [6.45, 7) is 6.39. The number of aryl methyl sites for hydroxylation is 3. The molecule has 7 aromatic rings. The molecular formula is C41H37N. The van der Waals surface area contributed by atoms with E-state index in [-0.39, 0.29) is 0 Å². The summed E-state index contributed by atoms with van der Waals surface area (Å²) in [5.74, 6) is 0. The van der Waals surface area contributed by atoms with Gasteiger partial charge in [0.25, 0.3) is 0 Å². The van der Waals surface area contributed by atoms with Gasteiger partial charge in [-0.1, -0.05) is 157 Å². The Morgan fingerprint density at radius 2 is 0.595 bits per heavy atom. The van der Waals surface area contributed by atoms with E-state index in [0.717, 1.165) is 11.4 Å². The van der Waals surface area contributed by atoms with Crippen LogP contribution in [0.4, 0.5) is 17.1 Å². The van der Waals surface area contributed by atoms with E-state index in [9.17, 15) is 0 Å². The number of rotatable bonds is 3. The fourth-order valence-electron chi connectivity index (χ4n) is 5.19. The summed E-state index contributed by atoms with van der Waals surface area (Å²) in [5.41, 5.74) is 7.52. The van der Waals surface area contributed by atoms with Crippen molar-refractivity contribution in [2.75, 3.05) is 4.90 Å². The molecule has 206 valence electrons. The summed E-state index contributed by atoms with van der Waals surface area (Å²) in [4.78, 5) is 2.38. The lowest BCUT2D eigenvalue weighted by Gasteiger charge is -2.29. The zero-order chi connectivity index (χ0) is 29.1. The van der Waals surface area contributed by atoms with E-state index in [0.29, 0.717) is 0 Å². The maximum atomic E-state index is 2.38. The zero-order valence-electron chi connectivity index (χ0n) is 24.6. The van der Waals surface area contributed by atoms with Crippen LogP contribution in [0.15, 0.2) is 170 Å². The number of hydrogen-bond acceptors (Lipinski definition) is 1. The molecule has 42 heavy (non-hydrogen) atoms. The molecule has 0 radical (unpaired) electrons. The Kier molecular flexibility index (Phi) is 9.44. The summed E-state index contributed by atoms with van der Waals surface area (Å²) < 4.78 is 0. The summed E-state index contributed by atoms with van der Waals surface area (Å²) in [7, 11) is 0. The fraction of sp³-hybridized carbons (Fsp3) is 0.0732. The molecular weight excluding hydrogens is 506 g/mol. The molecule has 0 saturated carbocycles. The van der Waals surface area contributed by atoms with E-state index in [1.54, 1.807) is 0 Å². The van der Waals surface area contributed by atoms with E-state index in [1.165, 1.54) is 43.9 Å². The van der Waals surface area contributed by atoms with Crippen LogP contribution in [0.1, 0.15) is 16.7 Å². The quantitative estimate of drug-likeness (QED) is 0.200. The van der Waals surface area contributed by atoms with Crippen molar-refractivity contribution in [2.45, 2.75) is 20.8 Å². The van der Waals surface area contributed by atoms with Crippen LogP contribution in [0.2, 0.25) is 0 Å². The molecule has 1 heteroatoms. The van der Waals surface area contributed by atoms with Crippen LogP contribution in [0, 0.1) is 20.8 Å². The molecule has 0 aliphatic carbocycles. The van der Waals surface area contributed by atoms with Crippen molar-refractivity contribution in [3.05, 3.63) is 187 Å². The Bertz CT molecular complexity index is 1690. The molecule has 0 atom stereocenters. The van der Waals surface area contributed by atoms with Crippen LogP contribution >= 0.6 is 0 Å². The van der Waals surface area contributed by atoms with Crippen molar-refractivity contribution in [1.82, 2.24) is 0 Å². The lowest BCUT2D eigenvalue weighted by molar-refractivity contribution is 1.31. The fourth-order valence-corrected chi connectivity index (χ4v) is 5.19. The highest BCUT2D eigenvalue weighted by Gasteiger charge is 2.19. The molecule has 7 aromatic carbocycles. The third-order valence-corrected chi connectivity index (χ3v) is 7.31. The van der Waals surface area contributed by atoms with Crippen molar-refractivity contribution >= 4 is 38.6 Å². The second-order valence-electron chi connectivity index (χ2n) is 10.4. The summed E-state index contributed by atoms with van der Waals surface area (Å²) in [5, 5.41) is 5.14. The largest absolute Gasteiger partial charge is 0.309 e. The molecule has 0 aromatic heterocycles. The molecule has 0 aliphatic rings. The molecule has 0 saturated heterocycles. The minimum atomic E-state index is 1.16. The minimum absolute atomic E-state index is 1.16. The van der Waals surface area contributed by atoms with Gasteiger partial charge >= 0.3 is 0 Å². The topological polar surface area (TPSA) is 3.24 Å². The number of hydrogen-bond donors (Lipinski definition) is 0. The Hall–Kier alpha value is -5.14. The smallest absolute Gasteiger partial charge is 0.0618 e. The second kappa shape index (κ2) is 14.0. The first kappa shape index (κ1) is 28.4. The first-order valence-corrected chi connectivity index (χ1v) is 14.5. The highest BCUT2D eigenvalue weighted by atomic mass is 15.1. The van der Waals surface area contributed by atoms with Crippen LogP contribution in [0.5, 0.6) is 0 Å². The van der Waals surface area contributed by atoms with Crippen LogP contribution in [-0.2, 0) is 0 Å². The highest BCUT2D eigenvalue weighted by molar-refractivity contribution is 6.16. The molecule has 0 amide bonds. The number of para-hydroxylation sites is 2. The highest BCUT2D eigenvalue weighted by Crippen LogP contribution is 2.44. The lowest BCUT2D eigenvalue weighted by Crippen LogP contribution is -2.11. The third-order valence-electron chi connectivity index (χ3n) is 7.31. The van der Waals surface area contributed by atoms with Gasteiger partial charge in [0.15, 0.2) is 0 Å². The van der Waals surface area contributed by atoms with E-state index in [1.807, 2.05) is 36.4 Å². The van der Waals surface area contributed by atoms with Crippen LogP contribution in [0.3, 0.4) is 0 Å². The predicted octanol–water partition coefficient (Wildman–Crippen LogP) is 11.8. The van der Waals surface area contributed by atoms with Crippen LogP contribution < -0.4 is 4.90 Å². The number of fused-ring (bicyclic) bond motifs is 2. The van der Waals surface area contributed by atoms with E-state index in [4.69, 9.17) is 0 Å². The van der Waals surface area contributed by atoms with Gasteiger partial charge in [-0.3, -0.25) is 0 Å². The normalized spacial score (nSPS) is 10.3. The third kappa shape index (κ3) is 6.77. The Morgan fingerprint density at radius 3 is 0.905 bits per heavy atom. The van der Waals surface area contributed by atoms with Gasteiger partial charge in [-0.25, -0.2) is 0 Å². The molecule has 0 unspecified atom stereocenters. The first-order valence-electron chi connectivity index (χ1n) is 14.5. The number of benzene rings is 7. The van der Waals surface area contributed by atoms with E-state index in [2.05, 4.69) is 159 Å². The zero-order valence-corrected chi connectivity index (χ0v) is 24.6. The van der Waals surface area contributed by atoms with Crippen molar-refractivity contribution < 1.29 is 0 Å².